The molecule has 4 rings (SSSR count). The van der Waals surface area contributed by atoms with Crippen LogP contribution in [0.5, 0.6) is 0 Å². The Morgan fingerprint density at radius 2 is 1.70 bits per heavy atom. The molecule has 0 bridgehead atoms. The van der Waals surface area contributed by atoms with Crippen molar-refractivity contribution < 1.29 is 9.90 Å². The van der Waals surface area contributed by atoms with Crippen molar-refractivity contribution in [1.29, 1.82) is 0 Å². The maximum absolute atomic E-state index is 12.7. The number of aromatic nitrogens is 1. The van der Waals surface area contributed by atoms with Crippen LogP contribution in [0.15, 0.2) is 79.0 Å². The van der Waals surface area contributed by atoms with Crippen LogP contribution in [0.4, 0.5) is 11.5 Å². The van der Waals surface area contributed by atoms with E-state index in [9.17, 15) is 9.90 Å². The van der Waals surface area contributed by atoms with Crippen molar-refractivity contribution in [3.05, 3.63) is 90.1 Å². The van der Waals surface area contributed by atoms with E-state index in [0.717, 1.165) is 21.9 Å². The zero-order chi connectivity index (χ0) is 22.9. The second-order valence-electron chi connectivity index (χ2n) is 8.98. The molecule has 5 nitrogen and oxygen atoms in total. The zero-order valence-corrected chi connectivity index (χ0v) is 19.7. The molecule has 0 saturated carbocycles. The number of nitrogens with two attached hydrogens (primary N) is 1. The number of anilines is 2. The van der Waals surface area contributed by atoms with Crippen LogP contribution in [0.2, 0.25) is 0 Å². The van der Waals surface area contributed by atoms with Crippen LogP contribution in [-0.2, 0) is 10.2 Å². The van der Waals surface area contributed by atoms with Crippen LogP contribution in [0.3, 0.4) is 0 Å². The quantitative estimate of drug-likeness (QED) is 0.354. The molecule has 1 atom stereocenters. The molecular formula is C27H28ClN3O2. The van der Waals surface area contributed by atoms with Gasteiger partial charge in [-0.1, -0.05) is 63.2 Å². The molecular weight excluding hydrogens is 434 g/mol. The molecule has 4 N–H and O–H groups in total. The summed E-state index contributed by atoms with van der Waals surface area (Å²) in [5, 5.41) is 15.2. The fourth-order valence-electron chi connectivity index (χ4n) is 3.69. The Morgan fingerprint density at radius 3 is 2.39 bits per heavy atom. The highest BCUT2D eigenvalue weighted by Gasteiger charge is 2.19. The first kappa shape index (κ1) is 24.2. The highest BCUT2D eigenvalue weighted by Crippen LogP contribution is 2.28. The summed E-state index contributed by atoms with van der Waals surface area (Å²) in [5.41, 5.74) is 10.3. The van der Waals surface area contributed by atoms with Gasteiger partial charge in [0.1, 0.15) is 5.82 Å². The maximum Gasteiger partial charge on any atom is 0.257 e. The van der Waals surface area contributed by atoms with Gasteiger partial charge in [0.15, 0.2) is 6.10 Å². The highest BCUT2D eigenvalue weighted by molar-refractivity contribution is 5.99. The van der Waals surface area contributed by atoms with Crippen molar-refractivity contribution in [3.63, 3.8) is 0 Å². The van der Waals surface area contributed by atoms with Crippen molar-refractivity contribution >= 4 is 40.6 Å². The average Bonchev–Trinajstić information content (AvgIpc) is 2.78. The Kier molecular flexibility index (Phi) is 7.06. The van der Waals surface area contributed by atoms with Crippen LogP contribution >= 0.6 is 12.4 Å². The molecule has 1 unspecified atom stereocenters. The lowest BCUT2D eigenvalue weighted by atomic mass is 9.86. The van der Waals surface area contributed by atoms with Gasteiger partial charge < -0.3 is 16.2 Å². The number of nitrogen functional groups attached to an aromatic ring is 1. The minimum Gasteiger partial charge on any atom is -0.383 e. The number of carbonyl (C=O) groups is 1. The summed E-state index contributed by atoms with van der Waals surface area (Å²) >= 11 is 0. The summed E-state index contributed by atoms with van der Waals surface area (Å²) < 4.78 is 0. The molecule has 0 radical (unpaired) electrons. The number of amides is 1. The Bertz CT molecular complexity index is 1280. The van der Waals surface area contributed by atoms with E-state index in [1.807, 2.05) is 36.4 Å². The normalized spacial score (nSPS) is 12.1. The third-order valence-corrected chi connectivity index (χ3v) is 5.60. The number of benzene rings is 3. The van der Waals surface area contributed by atoms with Crippen LogP contribution in [0, 0.1) is 0 Å². The van der Waals surface area contributed by atoms with Crippen LogP contribution in [0.25, 0.3) is 21.9 Å². The number of hydrogen-bond acceptors (Lipinski definition) is 4. The second kappa shape index (κ2) is 9.61. The Balaban J connectivity index is 0.00000306. The lowest BCUT2D eigenvalue weighted by molar-refractivity contribution is -0.124. The van der Waals surface area contributed by atoms with E-state index in [0.29, 0.717) is 17.1 Å². The summed E-state index contributed by atoms with van der Waals surface area (Å²) in [6.07, 6.45) is 0.333. The molecule has 6 heteroatoms. The molecule has 0 aliphatic rings. The van der Waals surface area contributed by atoms with Crippen molar-refractivity contribution in [2.24, 2.45) is 0 Å². The minimum absolute atomic E-state index is 0. The molecule has 1 amide bonds. The largest absolute Gasteiger partial charge is 0.383 e. The SMILES string of the molecule is CC(C)(C)c1ccc(-c2cccc(C(O)C(=O)Nc3ccc4c(N)nccc4c3)c2)cc1.Cl. The number of aliphatic hydroxyl groups is 1. The molecule has 1 aromatic heterocycles. The van der Waals surface area contributed by atoms with Gasteiger partial charge in [0.05, 0.1) is 0 Å². The number of nitrogens with one attached hydrogen (secondary N) is 1. The molecule has 33 heavy (non-hydrogen) atoms. The third kappa shape index (κ3) is 5.33. The monoisotopic (exact) mass is 461 g/mol. The first-order valence-corrected chi connectivity index (χ1v) is 10.6. The van der Waals surface area contributed by atoms with E-state index < -0.39 is 12.0 Å². The second-order valence-corrected chi connectivity index (χ2v) is 8.98. The molecule has 0 spiro atoms. The van der Waals surface area contributed by atoms with Gasteiger partial charge in [-0.15, -0.1) is 12.4 Å². The van der Waals surface area contributed by atoms with Crippen LogP contribution < -0.4 is 11.1 Å². The number of pyridine rings is 1. The summed E-state index contributed by atoms with van der Waals surface area (Å²) in [6, 6.07) is 23.0. The summed E-state index contributed by atoms with van der Waals surface area (Å²) in [5.74, 6) is -0.0561. The van der Waals surface area contributed by atoms with Crippen molar-refractivity contribution in [2.75, 3.05) is 11.1 Å². The van der Waals surface area contributed by atoms with E-state index in [1.165, 1.54) is 5.56 Å². The topological polar surface area (TPSA) is 88.2 Å². The lowest BCUT2D eigenvalue weighted by Gasteiger charge is -2.19. The Hall–Kier alpha value is -3.41. The van der Waals surface area contributed by atoms with Crippen LogP contribution in [0.1, 0.15) is 38.0 Å². The van der Waals surface area contributed by atoms with Gasteiger partial charge in [-0.2, -0.15) is 0 Å². The first-order chi connectivity index (χ1) is 15.2. The van der Waals surface area contributed by atoms with Crippen molar-refractivity contribution in [3.8, 4) is 11.1 Å². The van der Waals surface area contributed by atoms with E-state index in [4.69, 9.17) is 5.73 Å². The predicted molar refractivity (Wildman–Crippen MR) is 138 cm³/mol. The van der Waals surface area contributed by atoms with Gasteiger partial charge in [0.25, 0.3) is 5.91 Å². The van der Waals surface area contributed by atoms with Gasteiger partial charge in [0.2, 0.25) is 0 Å². The summed E-state index contributed by atoms with van der Waals surface area (Å²) in [4.78, 5) is 16.8. The molecule has 1 heterocycles. The predicted octanol–water partition coefficient (Wildman–Crippen LogP) is 5.88. The number of aliphatic hydroxyl groups excluding tert-OH is 1. The van der Waals surface area contributed by atoms with E-state index in [1.54, 1.807) is 18.3 Å². The number of fused-ring (bicyclic) bond motifs is 1. The van der Waals surface area contributed by atoms with Gasteiger partial charge >= 0.3 is 0 Å². The van der Waals surface area contributed by atoms with E-state index in [2.05, 4.69) is 55.3 Å². The fourth-order valence-corrected chi connectivity index (χ4v) is 3.69. The van der Waals surface area contributed by atoms with E-state index in [-0.39, 0.29) is 17.8 Å². The highest BCUT2D eigenvalue weighted by atomic mass is 35.5. The summed E-state index contributed by atoms with van der Waals surface area (Å²) in [6.45, 7) is 6.54. The third-order valence-electron chi connectivity index (χ3n) is 5.60. The Morgan fingerprint density at radius 1 is 0.970 bits per heavy atom. The number of rotatable bonds is 4. The standard InChI is InChI=1S/C27H27N3O2.ClH/c1-27(2,3)21-9-7-17(8-10-21)18-5-4-6-20(15-18)24(31)26(32)30-22-11-12-23-19(16-22)13-14-29-25(23)28;/h4-16,24,31H,1-3H3,(H2,28,29)(H,30,32);1H. The van der Waals surface area contributed by atoms with Gasteiger partial charge in [-0.3, -0.25) is 4.79 Å². The molecule has 0 aliphatic heterocycles. The zero-order valence-electron chi connectivity index (χ0n) is 18.9. The Labute approximate surface area is 200 Å². The average molecular weight is 462 g/mol. The molecule has 0 saturated heterocycles. The van der Waals surface area contributed by atoms with Crippen molar-refractivity contribution in [1.82, 2.24) is 4.98 Å². The minimum atomic E-state index is -1.29. The maximum atomic E-state index is 12.7. The molecule has 4 aromatic rings. The fraction of sp³-hybridized carbons (Fsp3) is 0.185. The molecule has 3 aromatic carbocycles. The lowest BCUT2D eigenvalue weighted by Crippen LogP contribution is -2.20. The number of nitrogens with zero attached hydrogens (tertiary/aromatic N) is 1. The molecule has 0 aliphatic carbocycles. The van der Waals surface area contributed by atoms with Crippen LogP contribution in [-0.4, -0.2) is 16.0 Å². The number of carbonyl (C=O) groups excluding carboxylic acids is 1. The van der Waals surface area contributed by atoms with Gasteiger partial charge in [0, 0.05) is 17.3 Å². The van der Waals surface area contributed by atoms with Crippen molar-refractivity contribution in [2.45, 2.75) is 32.3 Å². The molecule has 170 valence electrons. The van der Waals surface area contributed by atoms with E-state index >= 15 is 0 Å². The summed E-state index contributed by atoms with van der Waals surface area (Å²) in [7, 11) is 0. The first-order valence-electron chi connectivity index (χ1n) is 10.6. The van der Waals surface area contributed by atoms with Gasteiger partial charge in [-0.05, 0) is 63.4 Å². The smallest absolute Gasteiger partial charge is 0.257 e. The number of hydrogen-bond donors (Lipinski definition) is 3. The van der Waals surface area contributed by atoms with Gasteiger partial charge in [-0.25, -0.2) is 4.98 Å². The molecule has 0 fully saturated rings. The number of halogens is 1.